The van der Waals surface area contributed by atoms with Crippen molar-refractivity contribution < 1.29 is 9.72 Å². The van der Waals surface area contributed by atoms with Crippen LogP contribution in [0.4, 0.5) is 17.1 Å². The number of hydrogen-bond donors (Lipinski definition) is 2. The van der Waals surface area contributed by atoms with E-state index in [1.807, 2.05) is 48.5 Å². The first kappa shape index (κ1) is 20.9. The van der Waals surface area contributed by atoms with E-state index in [1.165, 1.54) is 6.07 Å². The van der Waals surface area contributed by atoms with Gasteiger partial charge in [-0.15, -0.1) is 0 Å². The number of nitro benzene ring substituents is 1. The molecule has 2 N–H and O–H groups in total. The van der Waals surface area contributed by atoms with Gasteiger partial charge in [0.2, 0.25) is 5.91 Å². The summed E-state index contributed by atoms with van der Waals surface area (Å²) in [6.45, 7) is 0. The van der Waals surface area contributed by atoms with Crippen LogP contribution in [0.15, 0.2) is 84.9 Å². The maximum absolute atomic E-state index is 12.5. The van der Waals surface area contributed by atoms with E-state index < -0.39 is 0 Å². The highest BCUT2D eigenvalue weighted by molar-refractivity contribution is 5.91. The van der Waals surface area contributed by atoms with Crippen molar-refractivity contribution in [2.75, 3.05) is 10.6 Å². The lowest BCUT2D eigenvalue weighted by atomic mass is 9.77. The Kier molecular flexibility index (Phi) is 5.65. The number of aryl methyl sites for hydroxylation is 1. The summed E-state index contributed by atoms with van der Waals surface area (Å²) in [6, 6.07) is 22.8. The van der Waals surface area contributed by atoms with E-state index in [1.54, 1.807) is 12.1 Å². The average Bonchev–Trinajstić information content (AvgIpc) is 3.33. The van der Waals surface area contributed by atoms with E-state index in [0.717, 1.165) is 34.5 Å². The van der Waals surface area contributed by atoms with Crippen molar-refractivity contribution >= 4 is 23.0 Å². The summed E-state index contributed by atoms with van der Waals surface area (Å²) in [6.07, 6.45) is 6.44. The van der Waals surface area contributed by atoms with Gasteiger partial charge in [0.15, 0.2) is 0 Å². The number of nitrogens with one attached hydrogen (secondary N) is 2. The van der Waals surface area contributed by atoms with E-state index in [2.05, 4.69) is 28.9 Å². The quantitative estimate of drug-likeness (QED) is 0.281. The predicted octanol–water partition coefficient (Wildman–Crippen LogP) is 5.99. The lowest BCUT2D eigenvalue weighted by Crippen LogP contribution is -2.29. The summed E-state index contributed by atoms with van der Waals surface area (Å²) in [5.74, 6) is 0.464. The van der Waals surface area contributed by atoms with Crippen LogP contribution in [0.25, 0.3) is 0 Å². The normalized spacial score (nSPS) is 20.4. The van der Waals surface area contributed by atoms with E-state index in [4.69, 9.17) is 0 Å². The Morgan fingerprint density at radius 3 is 2.73 bits per heavy atom. The third kappa shape index (κ3) is 4.37. The molecule has 1 heterocycles. The standard InChI is InChI=1S/C27H25N3O3/c31-26(15-12-18-6-2-1-3-7-18)28-20-13-14-25-24(17-20)22-10-5-11-23(22)27(29-25)19-8-4-9-21(16-19)30(32)33/h1-10,13-14,16-17,22-23,27,29H,11-12,15H2,(H,28,31). The summed E-state index contributed by atoms with van der Waals surface area (Å²) < 4.78 is 0. The molecule has 0 aromatic heterocycles. The number of allylic oxidation sites excluding steroid dienone is 2. The number of rotatable bonds is 6. The molecule has 166 valence electrons. The number of carbonyl (C=O) groups excluding carboxylic acids is 1. The van der Waals surface area contributed by atoms with Gasteiger partial charge in [0.1, 0.15) is 0 Å². The predicted molar refractivity (Wildman–Crippen MR) is 129 cm³/mol. The topological polar surface area (TPSA) is 84.3 Å². The van der Waals surface area contributed by atoms with Gasteiger partial charge >= 0.3 is 0 Å². The molecule has 3 atom stereocenters. The van der Waals surface area contributed by atoms with E-state index in [-0.39, 0.29) is 34.4 Å². The number of carbonyl (C=O) groups is 1. The molecule has 2 aliphatic rings. The van der Waals surface area contributed by atoms with Crippen molar-refractivity contribution in [3.63, 3.8) is 0 Å². The molecule has 3 aromatic carbocycles. The highest BCUT2D eigenvalue weighted by atomic mass is 16.6. The number of anilines is 2. The van der Waals surface area contributed by atoms with Crippen LogP contribution in [-0.2, 0) is 11.2 Å². The molecular formula is C27H25N3O3. The number of hydrogen-bond acceptors (Lipinski definition) is 4. The Bertz CT molecular complexity index is 1220. The van der Waals surface area contributed by atoms with Crippen molar-refractivity contribution in [3.8, 4) is 0 Å². The molecule has 1 aliphatic carbocycles. The molecule has 0 saturated heterocycles. The smallest absolute Gasteiger partial charge is 0.269 e. The van der Waals surface area contributed by atoms with Crippen LogP contribution < -0.4 is 10.6 Å². The fourth-order valence-electron chi connectivity index (χ4n) is 4.96. The molecular weight excluding hydrogens is 414 g/mol. The number of fused-ring (bicyclic) bond motifs is 3. The Morgan fingerprint density at radius 1 is 1.06 bits per heavy atom. The third-order valence-electron chi connectivity index (χ3n) is 6.57. The second kappa shape index (κ2) is 8.90. The Morgan fingerprint density at radius 2 is 1.91 bits per heavy atom. The molecule has 0 radical (unpaired) electrons. The molecule has 6 nitrogen and oxygen atoms in total. The summed E-state index contributed by atoms with van der Waals surface area (Å²) >= 11 is 0. The van der Waals surface area contributed by atoms with Crippen LogP contribution in [-0.4, -0.2) is 10.8 Å². The summed E-state index contributed by atoms with van der Waals surface area (Å²) in [5.41, 5.74) is 5.12. The van der Waals surface area contributed by atoms with Crippen molar-refractivity contribution in [1.29, 1.82) is 0 Å². The molecule has 0 spiro atoms. The van der Waals surface area contributed by atoms with Gasteiger partial charge in [0.25, 0.3) is 5.69 Å². The van der Waals surface area contributed by atoms with Crippen LogP contribution in [0, 0.1) is 16.0 Å². The fourth-order valence-corrected chi connectivity index (χ4v) is 4.96. The van der Waals surface area contributed by atoms with Gasteiger partial charge in [-0.2, -0.15) is 0 Å². The molecule has 3 aromatic rings. The minimum absolute atomic E-state index is 0.00411. The first-order chi connectivity index (χ1) is 16.1. The first-order valence-corrected chi connectivity index (χ1v) is 11.2. The Labute approximate surface area is 192 Å². The highest BCUT2D eigenvalue weighted by Crippen LogP contribution is 2.50. The number of amides is 1. The van der Waals surface area contributed by atoms with Gasteiger partial charge in [0, 0.05) is 35.8 Å². The van der Waals surface area contributed by atoms with Gasteiger partial charge in [-0.25, -0.2) is 0 Å². The van der Waals surface area contributed by atoms with Gasteiger partial charge in [-0.3, -0.25) is 14.9 Å². The second-order valence-electron chi connectivity index (χ2n) is 8.66. The maximum atomic E-state index is 12.5. The molecule has 6 heteroatoms. The van der Waals surface area contributed by atoms with Gasteiger partial charge in [-0.1, -0.05) is 54.6 Å². The molecule has 0 bridgehead atoms. The number of nitro groups is 1. The molecule has 3 unspecified atom stereocenters. The molecule has 1 aliphatic heterocycles. The third-order valence-corrected chi connectivity index (χ3v) is 6.57. The Balaban J connectivity index is 1.34. The van der Waals surface area contributed by atoms with Crippen LogP contribution in [0.5, 0.6) is 0 Å². The average molecular weight is 440 g/mol. The lowest BCUT2D eigenvalue weighted by Gasteiger charge is -2.37. The zero-order chi connectivity index (χ0) is 22.8. The highest BCUT2D eigenvalue weighted by Gasteiger charge is 2.38. The number of benzene rings is 3. The van der Waals surface area contributed by atoms with Gasteiger partial charge in [-0.05, 0) is 53.6 Å². The first-order valence-electron chi connectivity index (χ1n) is 11.2. The van der Waals surface area contributed by atoms with Crippen molar-refractivity contribution in [2.24, 2.45) is 5.92 Å². The van der Waals surface area contributed by atoms with E-state index in [9.17, 15) is 14.9 Å². The minimum atomic E-state index is -0.350. The summed E-state index contributed by atoms with van der Waals surface area (Å²) in [4.78, 5) is 23.4. The van der Waals surface area contributed by atoms with Crippen LogP contribution >= 0.6 is 0 Å². The maximum Gasteiger partial charge on any atom is 0.269 e. The van der Waals surface area contributed by atoms with Crippen molar-refractivity contribution in [1.82, 2.24) is 0 Å². The van der Waals surface area contributed by atoms with Crippen LogP contribution in [0.3, 0.4) is 0 Å². The number of nitrogens with zero attached hydrogens (tertiary/aromatic N) is 1. The monoisotopic (exact) mass is 439 g/mol. The molecule has 33 heavy (non-hydrogen) atoms. The molecule has 1 amide bonds. The zero-order valence-electron chi connectivity index (χ0n) is 18.1. The largest absolute Gasteiger partial charge is 0.378 e. The molecule has 0 saturated carbocycles. The lowest BCUT2D eigenvalue weighted by molar-refractivity contribution is -0.384. The second-order valence-corrected chi connectivity index (χ2v) is 8.66. The zero-order valence-corrected chi connectivity index (χ0v) is 18.1. The van der Waals surface area contributed by atoms with E-state index in [0.29, 0.717) is 12.8 Å². The van der Waals surface area contributed by atoms with Crippen LogP contribution in [0.2, 0.25) is 0 Å². The van der Waals surface area contributed by atoms with Crippen LogP contribution in [0.1, 0.15) is 41.5 Å². The molecule has 5 rings (SSSR count). The minimum Gasteiger partial charge on any atom is -0.378 e. The van der Waals surface area contributed by atoms with Crippen molar-refractivity contribution in [3.05, 3.63) is 112 Å². The fraction of sp³-hybridized carbons (Fsp3) is 0.222. The summed E-state index contributed by atoms with van der Waals surface area (Å²) in [7, 11) is 0. The van der Waals surface area contributed by atoms with E-state index >= 15 is 0 Å². The Hall–Kier alpha value is -3.93. The van der Waals surface area contributed by atoms with Crippen molar-refractivity contribution in [2.45, 2.75) is 31.2 Å². The summed E-state index contributed by atoms with van der Waals surface area (Å²) in [5, 5.41) is 17.9. The SMILES string of the molecule is O=C(CCc1ccccc1)Nc1ccc2c(c1)C1C=CCC1C(c1cccc([N+](=O)[O-])c1)N2. The molecule has 0 fully saturated rings. The number of non-ortho nitro benzene ring substituents is 1. The van der Waals surface area contributed by atoms with Gasteiger partial charge in [0.05, 0.1) is 11.0 Å². The van der Waals surface area contributed by atoms with Gasteiger partial charge < -0.3 is 10.6 Å².